The van der Waals surface area contributed by atoms with E-state index in [1.807, 2.05) is 30.3 Å². The molecule has 0 bridgehead atoms. The summed E-state index contributed by atoms with van der Waals surface area (Å²) in [6, 6.07) is 17.3. The van der Waals surface area contributed by atoms with Gasteiger partial charge in [0.15, 0.2) is 0 Å². The minimum Gasteiger partial charge on any atom is -0.288 e. The molecule has 1 heterocycles. The second kappa shape index (κ2) is 6.37. The largest absolute Gasteiger partial charge is 0.293 e. The standard InChI is InChI=1S/C18H13FN2O2/c19-16-10-13(6-7-15(16)12-4-2-1-3-5-12)14-8-9-20-17(11-14)18(22)21-23/h1-11,23H,(H,21,22). The highest BCUT2D eigenvalue weighted by Crippen LogP contribution is 2.28. The van der Waals surface area contributed by atoms with E-state index in [9.17, 15) is 9.18 Å². The third-order valence-electron chi connectivity index (χ3n) is 3.48. The van der Waals surface area contributed by atoms with E-state index in [0.29, 0.717) is 16.7 Å². The predicted octanol–water partition coefficient (Wildman–Crippen LogP) is 3.67. The minimum absolute atomic E-state index is 0.0533. The summed E-state index contributed by atoms with van der Waals surface area (Å²) in [6.07, 6.45) is 1.43. The molecule has 5 heteroatoms. The van der Waals surface area contributed by atoms with Crippen molar-refractivity contribution in [3.8, 4) is 22.3 Å². The Hall–Kier alpha value is -3.05. The van der Waals surface area contributed by atoms with Crippen molar-refractivity contribution >= 4 is 5.91 Å². The second-order valence-electron chi connectivity index (χ2n) is 4.93. The Morgan fingerprint density at radius 2 is 1.70 bits per heavy atom. The molecule has 23 heavy (non-hydrogen) atoms. The zero-order valence-electron chi connectivity index (χ0n) is 12.0. The van der Waals surface area contributed by atoms with E-state index < -0.39 is 5.91 Å². The lowest BCUT2D eigenvalue weighted by molar-refractivity contribution is 0.0701. The van der Waals surface area contributed by atoms with Gasteiger partial charge in [-0.25, -0.2) is 9.87 Å². The first-order valence-corrected chi connectivity index (χ1v) is 6.95. The predicted molar refractivity (Wildman–Crippen MR) is 84.3 cm³/mol. The van der Waals surface area contributed by atoms with Crippen molar-refractivity contribution in [3.05, 3.63) is 78.4 Å². The molecule has 2 N–H and O–H groups in total. The number of hydrogen-bond acceptors (Lipinski definition) is 3. The number of nitrogens with one attached hydrogen (secondary N) is 1. The molecule has 0 aliphatic rings. The second-order valence-corrected chi connectivity index (χ2v) is 4.93. The summed E-state index contributed by atoms with van der Waals surface area (Å²) in [5.41, 5.74) is 4.15. The fourth-order valence-corrected chi connectivity index (χ4v) is 2.34. The van der Waals surface area contributed by atoms with Gasteiger partial charge in [-0.1, -0.05) is 42.5 Å². The Morgan fingerprint density at radius 3 is 2.39 bits per heavy atom. The number of pyridine rings is 1. The van der Waals surface area contributed by atoms with Crippen molar-refractivity contribution in [2.24, 2.45) is 0 Å². The highest BCUT2D eigenvalue weighted by Gasteiger charge is 2.10. The first-order chi connectivity index (χ1) is 11.2. The van der Waals surface area contributed by atoms with Gasteiger partial charge < -0.3 is 0 Å². The SMILES string of the molecule is O=C(NO)c1cc(-c2ccc(-c3ccccc3)c(F)c2)ccn1. The summed E-state index contributed by atoms with van der Waals surface area (Å²) in [5, 5.41) is 8.66. The molecule has 0 atom stereocenters. The number of aromatic nitrogens is 1. The summed E-state index contributed by atoms with van der Waals surface area (Å²) in [7, 11) is 0. The number of carbonyl (C=O) groups excluding carboxylic acids is 1. The average Bonchev–Trinajstić information content (AvgIpc) is 2.61. The van der Waals surface area contributed by atoms with Gasteiger partial charge in [0.05, 0.1) is 0 Å². The van der Waals surface area contributed by atoms with Gasteiger partial charge in [-0.3, -0.25) is 15.0 Å². The highest BCUT2D eigenvalue weighted by molar-refractivity contribution is 5.92. The van der Waals surface area contributed by atoms with Crippen molar-refractivity contribution in [1.82, 2.24) is 10.5 Å². The van der Waals surface area contributed by atoms with E-state index in [1.54, 1.807) is 18.2 Å². The van der Waals surface area contributed by atoms with Gasteiger partial charge >= 0.3 is 0 Å². The topological polar surface area (TPSA) is 62.2 Å². The molecule has 3 rings (SSSR count). The van der Waals surface area contributed by atoms with Crippen LogP contribution in [0.5, 0.6) is 0 Å². The number of halogens is 1. The van der Waals surface area contributed by atoms with Gasteiger partial charge in [0.2, 0.25) is 0 Å². The summed E-state index contributed by atoms with van der Waals surface area (Å²) in [5.74, 6) is -1.06. The van der Waals surface area contributed by atoms with Crippen LogP contribution in [0.2, 0.25) is 0 Å². The van der Waals surface area contributed by atoms with Crippen molar-refractivity contribution < 1.29 is 14.4 Å². The molecule has 0 saturated carbocycles. The molecule has 0 aliphatic carbocycles. The highest BCUT2D eigenvalue weighted by atomic mass is 19.1. The van der Waals surface area contributed by atoms with Crippen LogP contribution >= 0.6 is 0 Å². The van der Waals surface area contributed by atoms with E-state index in [-0.39, 0.29) is 11.5 Å². The van der Waals surface area contributed by atoms with Gasteiger partial charge in [0.1, 0.15) is 11.5 Å². The molecule has 0 saturated heterocycles. The number of nitrogens with zero attached hydrogens (tertiary/aromatic N) is 1. The smallest absolute Gasteiger partial charge is 0.288 e. The van der Waals surface area contributed by atoms with E-state index in [2.05, 4.69) is 4.98 Å². The molecule has 4 nitrogen and oxygen atoms in total. The maximum atomic E-state index is 14.4. The Labute approximate surface area is 132 Å². The van der Waals surface area contributed by atoms with Crippen molar-refractivity contribution in [2.75, 3.05) is 0 Å². The lowest BCUT2D eigenvalue weighted by Gasteiger charge is -2.08. The van der Waals surface area contributed by atoms with Crippen LogP contribution in [0.1, 0.15) is 10.5 Å². The Morgan fingerprint density at radius 1 is 0.957 bits per heavy atom. The van der Waals surface area contributed by atoms with Crippen LogP contribution < -0.4 is 5.48 Å². The van der Waals surface area contributed by atoms with Crippen LogP contribution in [0.4, 0.5) is 4.39 Å². The summed E-state index contributed by atoms with van der Waals surface area (Å²) < 4.78 is 14.4. The Balaban J connectivity index is 1.99. The molecule has 0 unspecified atom stereocenters. The van der Waals surface area contributed by atoms with Crippen molar-refractivity contribution in [2.45, 2.75) is 0 Å². The maximum absolute atomic E-state index is 14.4. The normalized spacial score (nSPS) is 10.3. The van der Waals surface area contributed by atoms with Crippen molar-refractivity contribution in [1.29, 1.82) is 0 Å². The zero-order chi connectivity index (χ0) is 16.2. The summed E-state index contributed by atoms with van der Waals surface area (Å²) >= 11 is 0. The fourth-order valence-electron chi connectivity index (χ4n) is 2.34. The van der Waals surface area contributed by atoms with Crippen LogP contribution in [-0.2, 0) is 0 Å². The molecular formula is C18H13FN2O2. The van der Waals surface area contributed by atoms with Crippen LogP contribution in [0, 0.1) is 5.82 Å². The van der Waals surface area contributed by atoms with E-state index in [1.165, 1.54) is 23.8 Å². The van der Waals surface area contributed by atoms with Gasteiger partial charge in [0.25, 0.3) is 5.91 Å². The van der Waals surface area contributed by atoms with Crippen LogP contribution in [0.15, 0.2) is 66.9 Å². The van der Waals surface area contributed by atoms with E-state index >= 15 is 0 Å². The first kappa shape index (κ1) is 14.9. The Kier molecular flexibility index (Phi) is 4.12. The molecule has 3 aromatic rings. The van der Waals surface area contributed by atoms with Crippen LogP contribution in [-0.4, -0.2) is 16.1 Å². The van der Waals surface area contributed by atoms with Gasteiger partial charge in [-0.05, 0) is 34.9 Å². The van der Waals surface area contributed by atoms with E-state index in [4.69, 9.17) is 5.21 Å². The molecule has 0 radical (unpaired) electrons. The molecule has 0 spiro atoms. The number of amides is 1. The quantitative estimate of drug-likeness (QED) is 0.573. The Bertz CT molecular complexity index is 851. The summed E-state index contributed by atoms with van der Waals surface area (Å²) in [6.45, 7) is 0. The third kappa shape index (κ3) is 3.09. The van der Waals surface area contributed by atoms with Crippen LogP contribution in [0.3, 0.4) is 0 Å². The molecule has 1 aromatic heterocycles. The monoisotopic (exact) mass is 308 g/mol. The molecule has 2 aromatic carbocycles. The first-order valence-electron chi connectivity index (χ1n) is 6.95. The maximum Gasteiger partial charge on any atom is 0.293 e. The van der Waals surface area contributed by atoms with Gasteiger partial charge in [0, 0.05) is 11.8 Å². The molecular weight excluding hydrogens is 295 g/mol. The average molecular weight is 308 g/mol. The minimum atomic E-state index is -0.715. The number of rotatable bonds is 3. The zero-order valence-corrected chi connectivity index (χ0v) is 12.0. The fraction of sp³-hybridized carbons (Fsp3) is 0. The number of hydrogen-bond donors (Lipinski definition) is 2. The molecule has 1 amide bonds. The lowest BCUT2D eigenvalue weighted by atomic mass is 10.00. The molecule has 0 aliphatic heterocycles. The number of carbonyl (C=O) groups is 1. The van der Waals surface area contributed by atoms with Gasteiger partial charge in [-0.2, -0.15) is 0 Å². The number of benzene rings is 2. The lowest BCUT2D eigenvalue weighted by Crippen LogP contribution is -2.19. The van der Waals surface area contributed by atoms with Crippen LogP contribution in [0.25, 0.3) is 22.3 Å². The van der Waals surface area contributed by atoms with E-state index in [0.717, 1.165) is 5.56 Å². The molecule has 0 fully saturated rings. The van der Waals surface area contributed by atoms with Gasteiger partial charge in [-0.15, -0.1) is 0 Å². The molecule has 114 valence electrons. The van der Waals surface area contributed by atoms with Crippen molar-refractivity contribution in [3.63, 3.8) is 0 Å². The summed E-state index contributed by atoms with van der Waals surface area (Å²) in [4.78, 5) is 15.3. The number of hydroxylamine groups is 1. The third-order valence-corrected chi connectivity index (χ3v) is 3.48.